The van der Waals surface area contributed by atoms with E-state index in [1.807, 2.05) is 18.2 Å². The third-order valence-electron chi connectivity index (χ3n) is 5.51. The number of hydrogen-bond donors (Lipinski definition) is 1. The second-order valence-electron chi connectivity index (χ2n) is 8.01. The van der Waals surface area contributed by atoms with Crippen molar-refractivity contribution in [1.29, 1.82) is 0 Å². The molecule has 140 valence electrons. The molecule has 2 fully saturated rings. The van der Waals surface area contributed by atoms with E-state index in [1.165, 1.54) is 0 Å². The standard InChI is InChI=1S/C21H26BrNO3/c1-13(2)6-7-23-19(24)17-5-4-15(9-18(17)22)11-21-10-14(3)8-16(21)12-26-20(21)25/h4-5,9,13,16H,3,6-8,10-12H2,1-2H3,(H,23,24). The largest absolute Gasteiger partial charge is 0.465 e. The average molecular weight is 420 g/mol. The quantitative estimate of drug-likeness (QED) is 0.552. The maximum Gasteiger partial charge on any atom is 0.313 e. The molecule has 1 amide bonds. The fraction of sp³-hybridized carbons (Fsp3) is 0.524. The molecule has 1 aliphatic carbocycles. The normalized spacial score (nSPS) is 24.7. The summed E-state index contributed by atoms with van der Waals surface area (Å²) < 4.78 is 6.10. The molecule has 1 saturated heterocycles. The molecule has 0 aromatic heterocycles. The summed E-state index contributed by atoms with van der Waals surface area (Å²) in [6, 6.07) is 5.73. The monoisotopic (exact) mass is 419 g/mol. The molecule has 3 rings (SSSR count). The molecule has 2 atom stereocenters. The molecule has 2 aliphatic rings. The summed E-state index contributed by atoms with van der Waals surface area (Å²) in [7, 11) is 0. The highest BCUT2D eigenvalue weighted by Crippen LogP contribution is 2.52. The Hall–Kier alpha value is -1.62. The van der Waals surface area contributed by atoms with Crippen molar-refractivity contribution in [2.75, 3.05) is 13.2 Å². The second-order valence-corrected chi connectivity index (χ2v) is 8.87. The van der Waals surface area contributed by atoms with Crippen LogP contribution in [-0.2, 0) is 16.0 Å². The van der Waals surface area contributed by atoms with Gasteiger partial charge in [-0.3, -0.25) is 9.59 Å². The van der Waals surface area contributed by atoms with Crippen LogP contribution in [0.15, 0.2) is 34.8 Å². The van der Waals surface area contributed by atoms with E-state index in [1.54, 1.807) is 0 Å². The van der Waals surface area contributed by atoms with Crippen LogP contribution in [0.5, 0.6) is 0 Å². The number of carbonyl (C=O) groups excluding carboxylic acids is 2. The summed E-state index contributed by atoms with van der Waals surface area (Å²) in [6.07, 6.45) is 3.15. The molecule has 0 radical (unpaired) electrons. The molecule has 1 N–H and O–H groups in total. The molecule has 1 saturated carbocycles. The fourth-order valence-electron chi connectivity index (χ4n) is 4.05. The van der Waals surface area contributed by atoms with Crippen LogP contribution in [0.1, 0.15) is 49.0 Å². The number of amides is 1. The molecular weight excluding hydrogens is 394 g/mol. The summed E-state index contributed by atoms with van der Waals surface area (Å²) in [4.78, 5) is 24.8. The zero-order valence-corrected chi connectivity index (χ0v) is 17.0. The molecule has 0 spiro atoms. The van der Waals surface area contributed by atoms with E-state index < -0.39 is 5.41 Å². The van der Waals surface area contributed by atoms with E-state index in [4.69, 9.17) is 4.74 Å². The number of esters is 1. The third-order valence-corrected chi connectivity index (χ3v) is 6.17. The molecule has 5 heteroatoms. The van der Waals surface area contributed by atoms with Crippen LogP contribution >= 0.6 is 15.9 Å². The Balaban J connectivity index is 1.72. The van der Waals surface area contributed by atoms with Crippen molar-refractivity contribution in [3.63, 3.8) is 0 Å². The lowest BCUT2D eigenvalue weighted by atomic mass is 9.75. The van der Waals surface area contributed by atoms with Crippen LogP contribution < -0.4 is 5.32 Å². The predicted octanol–water partition coefficient (Wildman–Crippen LogP) is 4.28. The highest BCUT2D eigenvalue weighted by Gasteiger charge is 2.55. The molecule has 1 aromatic carbocycles. The number of halogens is 1. The van der Waals surface area contributed by atoms with Gasteiger partial charge in [-0.25, -0.2) is 0 Å². The summed E-state index contributed by atoms with van der Waals surface area (Å²) in [5.41, 5.74) is 2.31. The van der Waals surface area contributed by atoms with Gasteiger partial charge in [0.25, 0.3) is 5.91 Å². The first-order valence-electron chi connectivity index (χ1n) is 9.22. The molecular formula is C21H26BrNO3. The van der Waals surface area contributed by atoms with E-state index in [9.17, 15) is 9.59 Å². The van der Waals surface area contributed by atoms with E-state index in [2.05, 4.69) is 41.7 Å². The predicted molar refractivity (Wildman–Crippen MR) is 105 cm³/mol. The van der Waals surface area contributed by atoms with Gasteiger partial charge in [-0.15, -0.1) is 0 Å². The summed E-state index contributed by atoms with van der Waals surface area (Å²) in [5, 5.41) is 2.96. The average Bonchev–Trinajstić information content (AvgIpc) is 3.02. The molecule has 26 heavy (non-hydrogen) atoms. The summed E-state index contributed by atoms with van der Waals surface area (Å²) in [5.74, 6) is 0.600. The molecule has 4 nitrogen and oxygen atoms in total. The van der Waals surface area contributed by atoms with Gasteiger partial charge < -0.3 is 10.1 Å². The second kappa shape index (κ2) is 7.55. The van der Waals surface area contributed by atoms with Gasteiger partial charge in [0.1, 0.15) is 0 Å². The van der Waals surface area contributed by atoms with E-state index in [-0.39, 0.29) is 17.8 Å². The zero-order chi connectivity index (χ0) is 18.9. The van der Waals surface area contributed by atoms with Gasteiger partial charge >= 0.3 is 5.97 Å². The van der Waals surface area contributed by atoms with Crippen molar-refractivity contribution in [2.45, 2.75) is 39.5 Å². The van der Waals surface area contributed by atoms with Gasteiger partial charge in [0.15, 0.2) is 0 Å². The molecule has 2 unspecified atom stereocenters. The Bertz CT molecular complexity index is 743. The van der Waals surface area contributed by atoms with Crippen LogP contribution in [0.4, 0.5) is 0 Å². The zero-order valence-electron chi connectivity index (χ0n) is 15.4. The summed E-state index contributed by atoms with van der Waals surface area (Å²) in [6.45, 7) is 9.52. The van der Waals surface area contributed by atoms with Gasteiger partial charge in [0, 0.05) is 16.9 Å². The Morgan fingerprint density at radius 1 is 1.46 bits per heavy atom. The first kappa shape index (κ1) is 19.2. The van der Waals surface area contributed by atoms with Crippen molar-refractivity contribution in [3.8, 4) is 0 Å². The molecule has 0 bridgehead atoms. The SMILES string of the molecule is C=C1CC2COC(=O)C2(Cc2ccc(C(=O)NCCC(C)C)c(Br)c2)C1. The minimum absolute atomic E-state index is 0.0744. The minimum atomic E-state index is -0.475. The van der Waals surface area contributed by atoms with Crippen molar-refractivity contribution >= 4 is 27.8 Å². The third kappa shape index (κ3) is 3.73. The fourth-order valence-corrected chi connectivity index (χ4v) is 4.66. The van der Waals surface area contributed by atoms with Gasteiger partial charge in [0.05, 0.1) is 17.6 Å². The highest BCUT2D eigenvalue weighted by molar-refractivity contribution is 9.10. The number of hydrogen-bond acceptors (Lipinski definition) is 3. The first-order chi connectivity index (χ1) is 12.3. The number of benzene rings is 1. The van der Waals surface area contributed by atoms with Crippen LogP contribution in [-0.4, -0.2) is 25.0 Å². The lowest BCUT2D eigenvalue weighted by Crippen LogP contribution is -2.31. The first-order valence-corrected chi connectivity index (χ1v) is 10.0. The van der Waals surface area contributed by atoms with E-state index >= 15 is 0 Å². The molecule has 1 aliphatic heterocycles. The maximum absolute atomic E-state index is 12.4. The lowest BCUT2D eigenvalue weighted by Gasteiger charge is -2.24. The van der Waals surface area contributed by atoms with Crippen molar-refractivity contribution in [3.05, 3.63) is 46.0 Å². The Kier molecular flexibility index (Phi) is 5.56. The van der Waals surface area contributed by atoms with Gasteiger partial charge in [-0.1, -0.05) is 32.1 Å². The van der Waals surface area contributed by atoms with E-state index in [0.717, 1.165) is 28.5 Å². The number of fused-ring (bicyclic) bond motifs is 1. The number of ether oxygens (including phenoxy) is 1. The lowest BCUT2D eigenvalue weighted by molar-refractivity contribution is -0.146. The van der Waals surface area contributed by atoms with Crippen molar-refractivity contribution < 1.29 is 14.3 Å². The number of cyclic esters (lactones) is 1. The summed E-state index contributed by atoms with van der Waals surface area (Å²) >= 11 is 3.52. The molecule has 1 heterocycles. The maximum atomic E-state index is 12.4. The van der Waals surface area contributed by atoms with Crippen LogP contribution in [0, 0.1) is 17.3 Å². The van der Waals surface area contributed by atoms with E-state index in [0.29, 0.717) is 37.5 Å². The topological polar surface area (TPSA) is 55.4 Å². The highest BCUT2D eigenvalue weighted by atomic mass is 79.9. The van der Waals surface area contributed by atoms with Crippen LogP contribution in [0.3, 0.4) is 0 Å². The number of carbonyl (C=O) groups is 2. The van der Waals surface area contributed by atoms with Gasteiger partial charge in [-0.05, 0) is 65.2 Å². The number of allylic oxidation sites excluding steroid dienone is 1. The Morgan fingerprint density at radius 2 is 2.23 bits per heavy atom. The Morgan fingerprint density at radius 3 is 2.92 bits per heavy atom. The smallest absolute Gasteiger partial charge is 0.313 e. The van der Waals surface area contributed by atoms with Crippen LogP contribution in [0.25, 0.3) is 0 Å². The number of nitrogens with one attached hydrogen (secondary N) is 1. The van der Waals surface area contributed by atoms with Crippen LogP contribution in [0.2, 0.25) is 0 Å². The van der Waals surface area contributed by atoms with Crippen molar-refractivity contribution in [1.82, 2.24) is 5.32 Å². The number of rotatable bonds is 6. The minimum Gasteiger partial charge on any atom is -0.465 e. The Labute approximate surface area is 163 Å². The van der Waals surface area contributed by atoms with Crippen molar-refractivity contribution in [2.24, 2.45) is 17.3 Å². The molecule has 1 aromatic rings. The van der Waals surface area contributed by atoms with Gasteiger partial charge in [-0.2, -0.15) is 0 Å². The van der Waals surface area contributed by atoms with Gasteiger partial charge in [0.2, 0.25) is 0 Å².